The molecule has 2 aromatic heterocycles. The molecule has 0 bridgehead atoms. The van der Waals surface area contributed by atoms with E-state index in [2.05, 4.69) is 15.4 Å². The molecule has 0 saturated heterocycles. The number of anilines is 1. The highest BCUT2D eigenvalue weighted by Gasteiger charge is 2.17. The van der Waals surface area contributed by atoms with Crippen LogP contribution in [0.15, 0.2) is 85.2 Å². The maximum Gasteiger partial charge on any atom is 0.280 e. The fourth-order valence-electron chi connectivity index (χ4n) is 2.82. The summed E-state index contributed by atoms with van der Waals surface area (Å²) in [6.45, 7) is 0.539. The topological polar surface area (TPSA) is 59.8 Å². The van der Waals surface area contributed by atoms with Crippen LogP contribution in [0.2, 0.25) is 5.02 Å². The van der Waals surface area contributed by atoms with Crippen molar-refractivity contribution in [3.8, 4) is 11.3 Å². The van der Waals surface area contributed by atoms with Gasteiger partial charge in [-0.05, 0) is 42.0 Å². The van der Waals surface area contributed by atoms with Crippen LogP contribution < -0.4 is 5.32 Å². The van der Waals surface area contributed by atoms with Gasteiger partial charge in [-0.25, -0.2) is 0 Å². The van der Waals surface area contributed by atoms with Crippen LogP contribution in [0.3, 0.4) is 0 Å². The summed E-state index contributed by atoms with van der Waals surface area (Å²) in [4.78, 5) is 17.1. The summed E-state index contributed by atoms with van der Waals surface area (Å²) in [5.41, 5.74) is 3.14. The Kier molecular flexibility index (Phi) is 5.17. The van der Waals surface area contributed by atoms with E-state index < -0.39 is 0 Å². The number of halogens is 1. The maximum absolute atomic E-state index is 13.0. The number of pyridine rings is 1. The minimum absolute atomic E-state index is 0.200. The molecule has 0 unspecified atom stereocenters. The molecule has 28 heavy (non-hydrogen) atoms. The summed E-state index contributed by atoms with van der Waals surface area (Å²) >= 11 is 5.95. The van der Waals surface area contributed by atoms with Crippen molar-refractivity contribution in [2.75, 3.05) is 5.32 Å². The molecule has 0 fully saturated rings. The number of aromatic nitrogens is 3. The monoisotopic (exact) mass is 388 g/mol. The van der Waals surface area contributed by atoms with Gasteiger partial charge in [0.25, 0.3) is 5.91 Å². The first-order valence-corrected chi connectivity index (χ1v) is 9.17. The van der Waals surface area contributed by atoms with Crippen molar-refractivity contribution >= 4 is 23.3 Å². The third kappa shape index (κ3) is 3.94. The summed E-state index contributed by atoms with van der Waals surface area (Å²) in [7, 11) is 0. The molecule has 5 nitrogen and oxygen atoms in total. The van der Waals surface area contributed by atoms with Crippen LogP contribution in [-0.4, -0.2) is 20.7 Å². The molecule has 0 amide bonds. The molecular weight excluding hydrogens is 372 g/mol. The fourth-order valence-corrected chi connectivity index (χ4v) is 2.94. The van der Waals surface area contributed by atoms with E-state index in [9.17, 15) is 4.79 Å². The largest absolute Gasteiger partial charge is 0.366 e. The highest BCUT2D eigenvalue weighted by molar-refractivity contribution is 6.30. The van der Waals surface area contributed by atoms with Gasteiger partial charge in [0.2, 0.25) is 0 Å². The van der Waals surface area contributed by atoms with E-state index >= 15 is 0 Å². The van der Waals surface area contributed by atoms with Crippen molar-refractivity contribution in [3.63, 3.8) is 0 Å². The van der Waals surface area contributed by atoms with Gasteiger partial charge in [0.1, 0.15) is 5.82 Å². The molecule has 2 heterocycles. The van der Waals surface area contributed by atoms with Gasteiger partial charge in [0, 0.05) is 41.2 Å². The van der Waals surface area contributed by atoms with Crippen LogP contribution in [0.25, 0.3) is 11.3 Å². The van der Waals surface area contributed by atoms with Gasteiger partial charge in [-0.2, -0.15) is 9.78 Å². The van der Waals surface area contributed by atoms with E-state index in [1.807, 2.05) is 60.7 Å². The molecule has 4 aromatic rings. The normalized spacial score (nSPS) is 10.6. The van der Waals surface area contributed by atoms with Crippen molar-refractivity contribution in [1.29, 1.82) is 0 Å². The number of carbonyl (C=O) groups excluding carboxylic acids is 1. The van der Waals surface area contributed by atoms with E-state index in [0.717, 1.165) is 11.1 Å². The molecular formula is C22H17ClN4O. The van der Waals surface area contributed by atoms with Crippen LogP contribution in [0.5, 0.6) is 0 Å². The van der Waals surface area contributed by atoms with Crippen molar-refractivity contribution in [2.24, 2.45) is 0 Å². The van der Waals surface area contributed by atoms with Gasteiger partial charge in [-0.15, -0.1) is 0 Å². The second kappa shape index (κ2) is 8.06. The van der Waals surface area contributed by atoms with Crippen molar-refractivity contribution in [3.05, 3.63) is 101 Å². The zero-order chi connectivity index (χ0) is 19.3. The molecule has 138 valence electrons. The van der Waals surface area contributed by atoms with Crippen LogP contribution in [-0.2, 0) is 6.54 Å². The third-order valence-corrected chi connectivity index (χ3v) is 4.52. The first-order chi connectivity index (χ1) is 13.7. The SMILES string of the molecule is O=C(c1ccccc1)n1nc(-c2cccnc2)cc1NCc1ccc(Cl)cc1. The predicted molar refractivity (Wildman–Crippen MR) is 110 cm³/mol. The Morgan fingerprint density at radius 1 is 1.00 bits per heavy atom. The number of rotatable bonds is 5. The number of carbonyl (C=O) groups is 1. The first-order valence-electron chi connectivity index (χ1n) is 8.79. The Morgan fingerprint density at radius 3 is 2.50 bits per heavy atom. The van der Waals surface area contributed by atoms with Gasteiger partial charge >= 0.3 is 0 Å². The minimum Gasteiger partial charge on any atom is -0.366 e. The number of benzene rings is 2. The second-order valence-corrected chi connectivity index (χ2v) is 6.66. The predicted octanol–water partition coefficient (Wildman–Crippen LogP) is 4.90. The summed E-state index contributed by atoms with van der Waals surface area (Å²) in [5.74, 6) is 0.414. The van der Waals surface area contributed by atoms with Gasteiger partial charge < -0.3 is 5.32 Å². The van der Waals surface area contributed by atoms with E-state index in [-0.39, 0.29) is 5.91 Å². The summed E-state index contributed by atoms with van der Waals surface area (Å²) in [6, 6.07) is 22.3. The smallest absolute Gasteiger partial charge is 0.280 e. The average molecular weight is 389 g/mol. The van der Waals surface area contributed by atoms with E-state index in [4.69, 9.17) is 11.6 Å². The number of hydrogen-bond acceptors (Lipinski definition) is 4. The molecule has 0 aliphatic rings. The number of nitrogens with zero attached hydrogens (tertiary/aromatic N) is 3. The lowest BCUT2D eigenvalue weighted by Gasteiger charge is -2.09. The van der Waals surface area contributed by atoms with Gasteiger partial charge in [-0.3, -0.25) is 9.78 Å². The van der Waals surface area contributed by atoms with Crippen LogP contribution in [0.4, 0.5) is 5.82 Å². The fraction of sp³-hybridized carbons (Fsp3) is 0.0455. The Morgan fingerprint density at radius 2 is 1.79 bits per heavy atom. The molecule has 2 aromatic carbocycles. The van der Waals surface area contributed by atoms with E-state index in [1.54, 1.807) is 24.5 Å². The molecule has 6 heteroatoms. The van der Waals surface area contributed by atoms with Gasteiger partial charge in [0.15, 0.2) is 0 Å². The maximum atomic E-state index is 13.0. The second-order valence-electron chi connectivity index (χ2n) is 6.22. The molecule has 0 aliphatic heterocycles. The van der Waals surface area contributed by atoms with Crippen LogP contribution in [0, 0.1) is 0 Å². The van der Waals surface area contributed by atoms with Gasteiger partial charge in [-0.1, -0.05) is 41.9 Å². The Labute approximate surface area is 167 Å². The lowest BCUT2D eigenvalue weighted by atomic mass is 10.2. The Hall–Kier alpha value is -3.44. The third-order valence-electron chi connectivity index (χ3n) is 4.27. The van der Waals surface area contributed by atoms with E-state index in [0.29, 0.717) is 28.6 Å². The molecule has 1 N–H and O–H groups in total. The summed E-state index contributed by atoms with van der Waals surface area (Å²) < 4.78 is 1.40. The van der Waals surface area contributed by atoms with Crippen LogP contribution >= 0.6 is 11.6 Å². The standard InChI is InChI=1S/C22H17ClN4O/c23-19-10-8-16(9-11-19)14-25-21-13-20(18-7-4-12-24-15-18)26-27(21)22(28)17-5-2-1-3-6-17/h1-13,15,25H,14H2. The molecule has 0 aliphatic carbocycles. The first kappa shape index (κ1) is 17.9. The number of nitrogens with one attached hydrogen (secondary N) is 1. The highest BCUT2D eigenvalue weighted by Crippen LogP contribution is 2.23. The minimum atomic E-state index is -0.200. The molecule has 0 spiro atoms. The quantitative estimate of drug-likeness (QED) is 0.528. The lowest BCUT2D eigenvalue weighted by Crippen LogP contribution is -2.17. The molecule has 0 saturated carbocycles. The highest BCUT2D eigenvalue weighted by atomic mass is 35.5. The molecule has 0 atom stereocenters. The lowest BCUT2D eigenvalue weighted by molar-refractivity contribution is 0.0948. The zero-order valence-corrected chi connectivity index (χ0v) is 15.7. The van der Waals surface area contributed by atoms with Crippen molar-refractivity contribution in [1.82, 2.24) is 14.8 Å². The number of hydrogen-bond donors (Lipinski definition) is 1. The molecule has 4 rings (SSSR count). The van der Waals surface area contributed by atoms with Crippen LogP contribution in [0.1, 0.15) is 15.9 Å². The Bertz CT molecular complexity index is 1080. The van der Waals surface area contributed by atoms with Crippen molar-refractivity contribution < 1.29 is 4.79 Å². The van der Waals surface area contributed by atoms with E-state index in [1.165, 1.54) is 4.68 Å². The molecule has 0 radical (unpaired) electrons. The van der Waals surface area contributed by atoms with Crippen molar-refractivity contribution in [2.45, 2.75) is 6.54 Å². The Balaban J connectivity index is 1.67. The zero-order valence-electron chi connectivity index (χ0n) is 14.9. The summed E-state index contributed by atoms with van der Waals surface area (Å²) in [5, 5.41) is 8.52. The summed E-state index contributed by atoms with van der Waals surface area (Å²) in [6.07, 6.45) is 3.43. The average Bonchev–Trinajstić information content (AvgIpc) is 3.18. The van der Waals surface area contributed by atoms with Gasteiger partial charge in [0.05, 0.1) is 5.69 Å².